The number of aliphatic hydroxyl groups excluding tert-OH is 1. The molecule has 3 heteroatoms. The normalized spacial score (nSPS) is 18.9. The summed E-state index contributed by atoms with van der Waals surface area (Å²) in [6, 6.07) is 5.47. The minimum Gasteiger partial charge on any atom is -0.392 e. The van der Waals surface area contributed by atoms with Crippen LogP contribution in [-0.4, -0.2) is 11.2 Å². The second kappa shape index (κ2) is 5.39. The fourth-order valence-corrected chi connectivity index (χ4v) is 2.91. The molecule has 1 nitrogen and oxygen atoms in total. The Hall–Kier alpha value is -0.240. The van der Waals surface area contributed by atoms with E-state index in [1.807, 2.05) is 12.1 Å². The lowest BCUT2D eigenvalue weighted by atomic mass is 9.95. The van der Waals surface area contributed by atoms with E-state index >= 15 is 0 Å². The topological polar surface area (TPSA) is 20.2 Å². The molecular formula is C13H16Cl2O. The van der Waals surface area contributed by atoms with Crippen molar-refractivity contribution in [2.45, 2.75) is 38.2 Å². The fraction of sp³-hybridized carbons (Fsp3) is 0.538. The Morgan fingerprint density at radius 1 is 1.25 bits per heavy atom. The van der Waals surface area contributed by atoms with E-state index in [1.54, 1.807) is 6.07 Å². The SMILES string of the molecule is OC(Cc1ccc(Cl)cc1Cl)C1CCCC1. The van der Waals surface area contributed by atoms with E-state index in [1.165, 1.54) is 12.8 Å². The first-order chi connectivity index (χ1) is 7.66. The van der Waals surface area contributed by atoms with Crippen molar-refractivity contribution >= 4 is 23.2 Å². The van der Waals surface area contributed by atoms with Crippen LogP contribution in [0.1, 0.15) is 31.2 Å². The number of rotatable bonds is 3. The lowest BCUT2D eigenvalue weighted by Gasteiger charge is -2.18. The van der Waals surface area contributed by atoms with Crippen molar-refractivity contribution in [3.8, 4) is 0 Å². The molecule has 0 aliphatic heterocycles. The zero-order valence-corrected chi connectivity index (χ0v) is 10.6. The van der Waals surface area contributed by atoms with Gasteiger partial charge in [0.25, 0.3) is 0 Å². The molecule has 1 aliphatic rings. The highest BCUT2D eigenvalue weighted by Gasteiger charge is 2.23. The average molecular weight is 259 g/mol. The van der Waals surface area contributed by atoms with Gasteiger partial charge >= 0.3 is 0 Å². The summed E-state index contributed by atoms with van der Waals surface area (Å²) in [6.07, 6.45) is 5.16. The van der Waals surface area contributed by atoms with Crippen molar-refractivity contribution in [3.05, 3.63) is 33.8 Å². The molecular weight excluding hydrogens is 243 g/mol. The summed E-state index contributed by atoms with van der Waals surface area (Å²) in [7, 11) is 0. The van der Waals surface area contributed by atoms with Crippen LogP contribution in [0.25, 0.3) is 0 Å². The maximum absolute atomic E-state index is 10.1. The molecule has 1 aliphatic carbocycles. The van der Waals surface area contributed by atoms with E-state index in [2.05, 4.69) is 0 Å². The van der Waals surface area contributed by atoms with E-state index in [0.29, 0.717) is 22.4 Å². The van der Waals surface area contributed by atoms with Crippen LogP contribution in [0.3, 0.4) is 0 Å². The second-order valence-corrected chi connectivity index (χ2v) is 5.40. The third kappa shape index (κ3) is 2.91. The lowest BCUT2D eigenvalue weighted by molar-refractivity contribution is 0.111. The van der Waals surface area contributed by atoms with Gasteiger partial charge in [-0.2, -0.15) is 0 Å². The number of benzene rings is 1. The smallest absolute Gasteiger partial charge is 0.0609 e. The van der Waals surface area contributed by atoms with Crippen LogP contribution >= 0.6 is 23.2 Å². The van der Waals surface area contributed by atoms with E-state index in [9.17, 15) is 5.11 Å². The van der Waals surface area contributed by atoms with E-state index in [4.69, 9.17) is 23.2 Å². The molecule has 1 fully saturated rings. The van der Waals surface area contributed by atoms with Crippen LogP contribution in [0, 0.1) is 5.92 Å². The van der Waals surface area contributed by atoms with Crippen molar-refractivity contribution in [2.75, 3.05) is 0 Å². The van der Waals surface area contributed by atoms with Crippen LogP contribution in [0.15, 0.2) is 18.2 Å². The second-order valence-electron chi connectivity index (χ2n) is 4.55. The Bertz CT molecular complexity index is 359. The van der Waals surface area contributed by atoms with Crippen LogP contribution in [-0.2, 0) is 6.42 Å². The predicted molar refractivity (Wildman–Crippen MR) is 68.1 cm³/mol. The van der Waals surface area contributed by atoms with Crippen molar-refractivity contribution < 1.29 is 5.11 Å². The summed E-state index contributed by atoms with van der Waals surface area (Å²) in [5, 5.41) is 11.4. The lowest BCUT2D eigenvalue weighted by Crippen LogP contribution is -2.20. The standard InChI is InChI=1S/C13H16Cl2O/c14-11-6-5-10(12(15)8-11)7-13(16)9-3-1-2-4-9/h5-6,8-9,13,16H,1-4,7H2. The molecule has 0 amide bonds. The Morgan fingerprint density at radius 3 is 2.56 bits per heavy atom. The van der Waals surface area contributed by atoms with Gasteiger partial charge in [-0.25, -0.2) is 0 Å². The maximum atomic E-state index is 10.1. The molecule has 16 heavy (non-hydrogen) atoms. The largest absolute Gasteiger partial charge is 0.392 e. The molecule has 0 bridgehead atoms. The van der Waals surface area contributed by atoms with Crippen molar-refractivity contribution in [1.29, 1.82) is 0 Å². The first-order valence-electron chi connectivity index (χ1n) is 5.79. The maximum Gasteiger partial charge on any atom is 0.0609 e. The molecule has 1 saturated carbocycles. The quantitative estimate of drug-likeness (QED) is 0.866. The van der Waals surface area contributed by atoms with Gasteiger partial charge in [-0.15, -0.1) is 0 Å². The Labute approximate surface area is 106 Å². The first kappa shape index (κ1) is 12.2. The van der Waals surface area contributed by atoms with E-state index in [-0.39, 0.29) is 6.10 Å². The highest BCUT2D eigenvalue weighted by molar-refractivity contribution is 6.35. The van der Waals surface area contributed by atoms with Gasteiger partial charge in [0.1, 0.15) is 0 Å². The molecule has 0 aromatic heterocycles. The van der Waals surface area contributed by atoms with Crippen LogP contribution in [0.2, 0.25) is 10.0 Å². The van der Waals surface area contributed by atoms with Crippen molar-refractivity contribution in [1.82, 2.24) is 0 Å². The van der Waals surface area contributed by atoms with Crippen LogP contribution in [0.4, 0.5) is 0 Å². The summed E-state index contributed by atoms with van der Waals surface area (Å²) in [4.78, 5) is 0. The summed E-state index contributed by atoms with van der Waals surface area (Å²) in [6.45, 7) is 0. The van der Waals surface area contributed by atoms with Crippen molar-refractivity contribution in [3.63, 3.8) is 0 Å². The molecule has 0 spiro atoms. The minimum absolute atomic E-state index is 0.263. The Kier molecular flexibility index (Phi) is 4.12. The van der Waals surface area contributed by atoms with Gasteiger partial charge in [-0.1, -0.05) is 42.1 Å². The zero-order valence-electron chi connectivity index (χ0n) is 9.13. The molecule has 2 rings (SSSR count). The minimum atomic E-state index is -0.263. The third-order valence-electron chi connectivity index (χ3n) is 3.39. The van der Waals surface area contributed by atoms with Gasteiger partial charge in [0.15, 0.2) is 0 Å². The number of hydrogen-bond donors (Lipinski definition) is 1. The summed E-state index contributed by atoms with van der Waals surface area (Å²) in [5.74, 6) is 0.451. The molecule has 1 aromatic rings. The highest BCUT2D eigenvalue weighted by atomic mass is 35.5. The number of aliphatic hydroxyl groups is 1. The van der Waals surface area contributed by atoms with E-state index in [0.717, 1.165) is 18.4 Å². The van der Waals surface area contributed by atoms with Gasteiger partial charge in [0.2, 0.25) is 0 Å². The fourth-order valence-electron chi connectivity index (χ4n) is 2.42. The van der Waals surface area contributed by atoms with Gasteiger partial charge < -0.3 is 5.11 Å². The first-order valence-corrected chi connectivity index (χ1v) is 6.54. The Morgan fingerprint density at radius 2 is 1.94 bits per heavy atom. The Balaban J connectivity index is 2.02. The summed E-state index contributed by atoms with van der Waals surface area (Å²) in [5.41, 5.74) is 0.991. The monoisotopic (exact) mass is 258 g/mol. The van der Waals surface area contributed by atoms with Gasteiger partial charge in [-0.05, 0) is 36.5 Å². The molecule has 1 atom stereocenters. The highest BCUT2D eigenvalue weighted by Crippen LogP contribution is 2.30. The van der Waals surface area contributed by atoms with Crippen LogP contribution < -0.4 is 0 Å². The molecule has 1 N–H and O–H groups in total. The van der Waals surface area contributed by atoms with Gasteiger partial charge in [-0.3, -0.25) is 0 Å². The molecule has 0 radical (unpaired) electrons. The molecule has 1 aromatic carbocycles. The summed E-state index contributed by atoms with van der Waals surface area (Å²) < 4.78 is 0. The predicted octanol–water partition coefficient (Wildman–Crippen LogP) is 4.09. The number of halogens is 2. The average Bonchev–Trinajstić information content (AvgIpc) is 2.75. The zero-order chi connectivity index (χ0) is 11.5. The van der Waals surface area contributed by atoms with Gasteiger partial charge in [0.05, 0.1) is 6.10 Å². The third-order valence-corrected chi connectivity index (χ3v) is 3.98. The van der Waals surface area contributed by atoms with E-state index < -0.39 is 0 Å². The van der Waals surface area contributed by atoms with Crippen molar-refractivity contribution in [2.24, 2.45) is 5.92 Å². The molecule has 0 saturated heterocycles. The summed E-state index contributed by atoms with van der Waals surface area (Å²) >= 11 is 11.9. The van der Waals surface area contributed by atoms with Crippen LogP contribution in [0.5, 0.6) is 0 Å². The molecule has 0 heterocycles. The molecule has 88 valence electrons. The molecule has 1 unspecified atom stereocenters. The van der Waals surface area contributed by atoms with Gasteiger partial charge in [0, 0.05) is 16.5 Å². The number of hydrogen-bond acceptors (Lipinski definition) is 1.